The van der Waals surface area contributed by atoms with Crippen LogP contribution in [0, 0.1) is 0 Å². The van der Waals surface area contributed by atoms with Gasteiger partial charge >= 0.3 is 11.9 Å². The number of nitrogens with one attached hydrogen (secondary N) is 1. The third-order valence-corrected chi connectivity index (χ3v) is 3.62. The highest BCUT2D eigenvalue weighted by molar-refractivity contribution is 5.78. The van der Waals surface area contributed by atoms with Gasteiger partial charge in [0, 0.05) is 6.07 Å². The van der Waals surface area contributed by atoms with Crippen molar-refractivity contribution in [1.82, 2.24) is 9.55 Å². The minimum Gasteiger partial charge on any atom is -0.454 e. The van der Waals surface area contributed by atoms with Gasteiger partial charge in [-0.2, -0.15) is 13.2 Å². The summed E-state index contributed by atoms with van der Waals surface area (Å²) in [5.41, 5.74) is -0.406. The topological polar surface area (TPSA) is 56.2 Å². The first kappa shape index (κ1) is 13.7. The number of aromatic nitrogens is 2. The molecule has 2 aromatic carbocycles. The van der Waals surface area contributed by atoms with Crippen LogP contribution in [-0.2, 0) is 6.18 Å². The van der Waals surface area contributed by atoms with E-state index in [0.717, 1.165) is 12.1 Å². The summed E-state index contributed by atoms with van der Waals surface area (Å²) in [5, 5.41) is 0. The second-order valence-corrected chi connectivity index (χ2v) is 5.03. The molecule has 3 aromatic rings. The Labute approximate surface area is 126 Å². The minimum atomic E-state index is -4.47. The van der Waals surface area contributed by atoms with E-state index in [0.29, 0.717) is 22.7 Å². The summed E-state index contributed by atoms with van der Waals surface area (Å²) in [6.45, 7) is 0.0938. The largest absolute Gasteiger partial charge is 0.454 e. The van der Waals surface area contributed by atoms with E-state index in [1.165, 1.54) is 10.6 Å². The number of rotatable bonds is 1. The zero-order chi connectivity index (χ0) is 16.2. The van der Waals surface area contributed by atoms with Crippen molar-refractivity contribution in [3.8, 4) is 17.2 Å². The Hall–Kier alpha value is -2.90. The van der Waals surface area contributed by atoms with Gasteiger partial charge in [-0.3, -0.25) is 4.57 Å². The normalized spacial score (nSPS) is 13.7. The van der Waals surface area contributed by atoms with Crippen molar-refractivity contribution in [1.29, 1.82) is 0 Å². The lowest BCUT2D eigenvalue weighted by Crippen LogP contribution is -2.14. The molecule has 0 saturated heterocycles. The zero-order valence-electron chi connectivity index (χ0n) is 11.5. The first-order valence-electron chi connectivity index (χ1n) is 6.65. The Balaban J connectivity index is 1.91. The molecule has 1 N–H and O–H groups in total. The summed E-state index contributed by atoms with van der Waals surface area (Å²) in [5.74, 6) is 1.04. The van der Waals surface area contributed by atoms with Crippen LogP contribution in [0.2, 0.25) is 0 Å². The number of hydrogen-bond donors (Lipinski definition) is 1. The van der Waals surface area contributed by atoms with Gasteiger partial charge in [0.2, 0.25) is 6.79 Å². The van der Waals surface area contributed by atoms with E-state index < -0.39 is 17.4 Å². The van der Waals surface area contributed by atoms with Gasteiger partial charge in [0.1, 0.15) is 0 Å². The lowest BCUT2D eigenvalue weighted by Gasteiger charge is -2.07. The van der Waals surface area contributed by atoms with Gasteiger partial charge in [-0.1, -0.05) is 0 Å². The molecule has 0 radical (unpaired) electrons. The van der Waals surface area contributed by atoms with Crippen molar-refractivity contribution >= 4 is 11.0 Å². The SMILES string of the molecule is O=c1[nH]c2cc(C(F)(F)F)ccc2n1-c1ccc2c(c1)OCO2. The van der Waals surface area contributed by atoms with Crippen LogP contribution >= 0.6 is 0 Å². The predicted octanol–water partition coefficient (Wildman–Crippen LogP) is 3.07. The van der Waals surface area contributed by atoms with Crippen molar-refractivity contribution in [2.45, 2.75) is 6.18 Å². The first-order chi connectivity index (χ1) is 10.9. The molecule has 0 atom stereocenters. The number of halogens is 3. The van der Waals surface area contributed by atoms with Gasteiger partial charge in [0.15, 0.2) is 11.5 Å². The van der Waals surface area contributed by atoms with Crippen LogP contribution in [0.3, 0.4) is 0 Å². The summed E-state index contributed by atoms with van der Waals surface area (Å²) < 4.78 is 50.0. The fourth-order valence-corrected chi connectivity index (χ4v) is 2.57. The monoisotopic (exact) mass is 322 g/mol. The van der Waals surface area contributed by atoms with Gasteiger partial charge in [-0.25, -0.2) is 4.79 Å². The van der Waals surface area contributed by atoms with Crippen LogP contribution < -0.4 is 15.2 Å². The van der Waals surface area contributed by atoms with Gasteiger partial charge in [0.25, 0.3) is 0 Å². The quantitative estimate of drug-likeness (QED) is 0.749. The summed E-state index contributed by atoms with van der Waals surface area (Å²) in [7, 11) is 0. The van der Waals surface area contributed by atoms with Crippen LogP contribution in [0.25, 0.3) is 16.7 Å². The Morgan fingerprint density at radius 1 is 1.04 bits per heavy atom. The van der Waals surface area contributed by atoms with Crippen LogP contribution in [-0.4, -0.2) is 16.3 Å². The van der Waals surface area contributed by atoms with Crippen LogP contribution in [0.15, 0.2) is 41.2 Å². The van der Waals surface area contributed by atoms with E-state index in [9.17, 15) is 18.0 Å². The third kappa shape index (κ3) is 2.14. The molecule has 8 heteroatoms. The number of H-pyrrole nitrogens is 1. The van der Waals surface area contributed by atoms with Crippen molar-refractivity contribution < 1.29 is 22.6 Å². The molecule has 1 aromatic heterocycles. The van der Waals surface area contributed by atoms with E-state index in [-0.39, 0.29) is 12.3 Å². The molecule has 23 heavy (non-hydrogen) atoms. The lowest BCUT2D eigenvalue weighted by molar-refractivity contribution is -0.137. The summed E-state index contributed by atoms with van der Waals surface area (Å²) in [6.07, 6.45) is -4.47. The van der Waals surface area contributed by atoms with Gasteiger partial charge < -0.3 is 14.5 Å². The van der Waals surface area contributed by atoms with E-state index in [1.807, 2.05) is 0 Å². The maximum atomic E-state index is 12.8. The molecule has 0 amide bonds. The Morgan fingerprint density at radius 3 is 2.61 bits per heavy atom. The van der Waals surface area contributed by atoms with E-state index >= 15 is 0 Å². The van der Waals surface area contributed by atoms with E-state index in [4.69, 9.17) is 9.47 Å². The Bertz CT molecular complexity index is 972. The highest BCUT2D eigenvalue weighted by Gasteiger charge is 2.31. The number of alkyl halides is 3. The fourth-order valence-electron chi connectivity index (χ4n) is 2.57. The van der Waals surface area contributed by atoms with Crippen molar-refractivity contribution in [2.24, 2.45) is 0 Å². The molecule has 1 aliphatic rings. The molecule has 0 saturated carbocycles. The third-order valence-electron chi connectivity index (χ3n) is 3.62. The number of ether oxygens (including phenoxy) is 2. The lowest BCUT2D eigenvalue weighted by atomic mass is 10.2. The zero-order valence-corrected chi connectivity index (χ0v) is 11.5. The van der Waals surface area contributed by atoms with Gasteiger partial charge in [-0.15, -0.1) is 0 Å². The van der Waals surface area contributed by atoms with E-state index in [2.05, 4.69) is 4.98 Å². The van der Waals surface area contributed by atoms with Gasteiger partial charge in [-0.05, 0) is 30.3 Å². The van der Waals surface area contributed by atoms with Gasteiger partial charge in [0.05, 0.1) is 22.3 Å². The molecule has 0 bridgehead atoms. The number of aromatic amines is 1. The molecule has 0 fully saturated rings. The maximum Gasteiger partial charge on any atom is 0.416 e. The molecule has 0 spiro atoms. The van der Waals surface area contributed by atoms with Crippen LogP contribution in [0.1, 0.15) is 5.56 Å². The molecule has 0 unspecified atom stereocenters. The van der Waals surface area contributed by atoms with E-state index in [1.54, 1.807) is 18.2 Å². The average Bonchev–Trinajstić information content (AvgIpc) is 3.07. The second kappa shape index (κ2) is 4.55. The van der Waals surface area contributed by atoms with Crippen LogP contribution in [0.4, 0.5) is 13.2 Å². The van der Waals surface area contributed by atoms with Crippen molar-refractivity contribution in [3.05, 3.63) is 52.4 Å². The molecule has 4 rings (SSSR count). The summed E-state index contributed by atoms with van der Waals surface area (Å²) in [4.78, 5) is 14.6. The fraction of sp³-hybridized carbons (Fsp3) is 0.133. The first-order valence-corrected chi connectivity index (χ1v) is 6.65. The molecule has 1 aliphatic heterocycles. The van der Waals surface area contributed by atoms with Crippen molar-refractivity contribution in [2.75, 3.05) is 6.79 Å². The number of benzene rings is 2. The smallest absolute Gasteiger partial charge is 0.416 e. The Morgan fingerprint density at radius 2 is 1.83 bits per heavy atom. The number of hydrogen-bond acceptors (Lipinski definition) is 3. The molecular weight excluding hydrogens is 313 g/mol. The predicted molar refractivity (Wildman–Crippen MR) is 75.0 cm³/mol. The standard InChI is InChI=1S/C15H9F3N2O3/c16-15(17,18)8-1-3-11-10(5-8)19-14(21)20(11)9-2-4-12-13(6-9)23-7-22-12/h1-6H,7H2,(H,19,21). The average molecular weight is 322 g/mol. The Kier molecular flexibility index (Phi) is 2.72. The highest BCUT2D eigenvalue weighted by Crippen LogP contribution is 2.35. The van der Waals surface area contributed by atoms with Crippen LogP contribution in [0.5, 0.6) is 11.5 Å². The molecule has 0 aliphatic carbocycles. The number of imidazole rings is 1. The molecular formula is C15H9F3N2O3. The summed E-state index contributed by atoms with van der Waals surface area (Å²) in [6, 6.07) is 8.02. The highest BCUT2D eigenvalue weighted by atomic mass is 19.4. The molecule has 118 valence electrons. The maximum absolute atomic E-state index is 12.8. The minimum absolute atomic E-state index is 0.0938. The number of fused-ring (bicyclic) bond motifs is 2. The van der Waals surface area contributed by atoms with Crippen molar-refractivity contribution in [3.63, 3.8) is 0 Å². The summed E-state index contributed by atoms with van der Waals surface area (Å²) >= 11 is 0. The number of nitrogens with zero attached hydrogens (tertiary/aromatic N) is 1. The second-order valence-electron chi connectivity index (χ2n) is 5.03. The molecule has 5 nitrogen and oxygen atoms in total. The molecule has 2 heterocycles.